The lowest BCUT2D eigenvalue weighted by atomic mass is 10.3. The van der Waals surface area contributed by atoms with E-state index in [1.54, 1.807) is 24.3 Å². The predicted octanol–water partition coefficient (Wildman–Crippen LogP) is 2.16. The highest BCUT2D eigenvalue weighted by Gasteiger charge is 2.02. The van der Waals surface area contributed by atoms with Gasteiger partial charge in [-0.3, -0.25) is 0 Å². The van der Waals surface area contributed by atoms with Crippen LogP contribution in [-0.2, 0) is 12.8 Å². The van der Waals surface area contributed by atoms with Gasteiger partial charge in [0.05, 0.1) is 0 Å². The van der Waals surface area contributed by atoms with Gasteiger partial charge in [-0.05, 0) is 17.7 Å². The Morgan fingerprint density at radius 3 is 3.07 bits per heavy atom. The molecule has 0 atom stereocenters. The highest BCUT2D eigenvalue weighted by molar-refractivity contribution is 7.98. The molecule has 0 amide bonds. The minimum Gasteiger partial charge on any atom is -0.312 e. The molecule has 2 rings (SSSR count). The number of aryl methyl sites for hydroxylation is 1. The lowest BCUT2D eigenvalue weighted by molar-refractivity contribution is 0.788. The fourth-order valence-corrected chi connectivity index (χ4v) is 2.11. The summed E-state index contributed by atoms with van der Waals surface area (Å²) in [6, 6.07) is 3.79. The van der Waals surface area contributed by atoms with Crippen molar-refractivity contribution in [1.29, 1.82) is 0 Å². The zero-order valence-electron chi connectivity index (χ0n) is 8.09. The number of pyridine rings is 1. The Bertz CT molecular complexity index is 457. The second-order valence-corrected chi connectivity index (χ2v) is 4.33. The highest BCUT2D eigenvalue weighted by atomic mass is 35.5. The van der Waals surface area contributed by atoms with Gasteiger partial charge in [0, 0.05) is 19.0 Å². The van der Waals surface area contributed by atoms with Crippen LogP contribution in [0.1, 0.15) is 5.56 Å². The molecule has 2 heterocycles. The number of rotatable bonds is 3. The van der Waals surface area contributed by atoms with Crippen LogP contribution in [-0.4, -0.2) is 19.7 Å². The van der Waals surface area contributed by atoms with Crippen molar-refractivity contribution >= 4 is 23.4 Å². The second kappa shape index (κ2) is 4.63. The molecule has 0 radical (unpaired) electrons. The number of aromatic nitrogens is 4. The van der Waals surface area contributed by atoms with E-state index in [1.165, 1.54) is 0 Å². The van der Waals surface area contributed by atoms with Crippen molar-refractivity contribution in [3.05, 3.63) is 35.4 Å². The van der Waals surface area contributed by atoms with E-state index in [0.29, 0.717) is 5.15 Å². The van der Waals surface area contributed by atoms with Crippen LogP contribution in [0.3, 0.4) is 0 Å². The van der Waals surface area contributed by atoms with Crippen LogP contribution in [0.4, 0.5) is 0 Å². The van der Waals surface area contributed by atoms with Crippen LogP contribution in [0.25, 0.3) is 0 Å². The van der Waals surface area contributed by atoms with Gasteiger partial charge in [-0.2, -0.15) is 0 Å². The summed E-state index contributed by atoms with van der Waals surface area (Å²) in [5, 5.41) is 9.20. The first-order valence-corrected chi connectivity index (χ1v) is 5.69. The minimum absolute atomic E-state index is 0.520. The molecule has 15 heavy (non-hydrogen) atoms. The van der Waals surface area contributed by atoms with Gasteiger partial charge >= 0.3 is 0 Å². The largest absolute Gasteiger partial charge is 0.312 e. The van der Waals surface area contributed by atoms with E-state index in [0.717, 1.165) is 16.5 Å². The molecule has 0 aliphatic carbocycles. The molecule has 0 aliphatic rings. The van der Waals surface area contributed by atoms with Crippen LogP contribution in [0.2, 0.25) is 5.15 Å². The third-order valence-electron chi connectivity index (χ3n) is 1.83. The molecule has 2 aromatic rings. The first kappa shape index (κ1) is 10.4. The first-order chi connectivity index (χ1) is 7.25. The van der Waals surface area contributed by atoms with Gasteiger partial charge in [0.25, 0.3) is 0 Å². The summed E-state index contributed by atoms with van der Waals surface area (Å²) in [5.41, 5.74) is 1.13. The van der Waals surface area contributed by atoms with E-state index < -0.39 is 0 Å². The molecular formula is C9H9ClN4S. The molecular weight excluding hydrogens is 232 g/mol. The van der Waals surface area contributed by atoms with E-state index in [2.05, 4.69) is 15.2 Å². The fourth-order valence-electron chi connectivity index (χ4n) is 1.08. The Kier molecular flexibility index (Phi) is 3.23. The van der Waals surface area contributed by atoms with Crippen molar-refractivity contribution in [3.8, 4) is 0 Å². The Balaban J connectivity index is 2.02. The van der Waals surface area contributed by atoms with Crippen LogP contribution >= 0.6 is 23.4 Å². The molecule has 0 fully saturated rings. The van der Waals surface area contributed by atoms with Crippen LogP contribution in [0.15, 0.2) is 29.8 Å². The van der Waals surface area contributed by atoms with Gasteiger partial charge in [0.1, 0.15) is 11.5 Å². The normalized spacial score (nSPS) is 10.5. The summed E-state index contributed by atoms with van der Waals surface area (Å²) in [4.78, 5) is 3.93. The summed E-state index contributed by atoms with van der Waals surface area (Å²) < 4.78 is 1.88. The van der Waals surface area contributed by atoms with Crippen molar-refractivity contribution in [2.24, 2.45) is 7.05 Å². The highest BCUT2D eigenvalue weighted by Crippen LogP contribution is 2.20. The third-order valence-corrected chi connectivity index (χ3v) is 3.14. The molecule has 0 bridgehead atoms. The first-order valence-electron chi connectivity index (χ1n) is 4.33. The van der Waals surface area contributed by atoms with Gasteiger partial charge in [-0.15, -0.1) is 10.2 Å². The average Bonchev–Trinajstić information content (AvgIpc) is 2.61. The summed E-state index contributed by atoms with van der Waals surface area (Å²) in [7, 11) is 1.92. The Morgan fingerprint density at radius 2 is 2.40 bits per heavy atom. The van der Waals surface area contributed by atoms with Gasteiger partial charge in [0.2, 0.25) is 0 Å². The van der Waals surface area contributed by atoms with Gasteiger partial charge in [0.15, 0.2) is 5.16 Å². The molecule has 0 saturated heterocycles. The maximum absolute atomic E-state index is 5.78. The van der Waals surface area contributed by atoms with Crippen molar-refractivity contribution in [2.45, 2.75) is 10.9 Å². The zero-order valence-corrected chi connectivity index (χ0v) is 9.66. The molecule has 0 unspecified atom stereocenters. The molecule has 0 spiro atoms. The number of thioether (sulfide) groups is 1. The van der Waals surface area contributed by atoms with Crippen molar-refractivity contribution in [2.75, 3.05) is 0 Å². The molecule has 78 valence electrons. The molecule has 2 aromatic heterocycles. The van der Waals surface area contributed by atoms with Crippen molar-refractivity contribution < 1.29 is 0 Å². The van der Waals surface area contributed by atoms with Gasteiger partial charge < -0.3 is 4.57 Å². The third kappa shape index (κ3) is 2.70. The Hall–Kier alpha value is -1.07. The minimum atomic E-state index is 0.520. The van der Waals surface area contributed by atoms with Crippen LogP contribution in [0.5, 0.6) is 0 Å². The lowest BCUT2D eigenvalue weighted by Crippen LogP contribution is -1.90. The molecule has 0 saturated carbocycles. The zero-order chi connectivity index (χ0) is 10.7. The lowest BCUT2D eigenvalue weighted by Gasteiger charge is -2.00. The van der Waals surface area contributed by atoms with E-state index in [-0.39, 0.29) is 0 Å². The topological polar surface area (TPSA) is 43.6 Å². The monoisotopic (exact) mass is 240 g/mol. The van der Waals surface area contributed by atoms with Crippen molar-refractivity contribution in [3.63, 3.8) is 0 Å². The molecule has 6 heteroatoms. The van der Waals surface area contributed by atoms with Gasteiger partial charge in [-0.25, -0.2) is 4.98 Å². The number of hydrogen-bond donors (Lipinski definition) is 0. The molecule has 0 N–H and O–H groups in total. The maximum Gasteiger partial charge on any atom is 0.191 e. The number of hydrogen-bond acceptors (Lipinski definition) is 4. The number of nitrogens with zero attached hydrogens (tertiary/aromatic N) is 4. The van der Waals surface area contributed by atoms with E-state index in [4.69, 9.17) is 11.6 Å². The molecule has 0 aromatic carbocycles. The van der Waals surface area contributed by atoms with Gasteiger partial charge in [-0.1, -0.05) is 23.4 Å². The Morgan fingerprint density at radius 1 is 1.53 bits per heavy atom. The van der Waals surface area contributed by atoms with Crippen LogP contribution < -0.4 is 0 Å². The smallest absolute Gasteiger partial charge is 0.191 e. The molecule has 0 aliphatic heterocycles. The fraction of sp³-hybridized carbons (Fsp3) is 0.222. The quantitative estimate of drug-likeness (QED) is 0.609. The van der Waals surface area contributed by atoms with E-state index >= 15 is 0 Å². The summed E-state index contributed by atoms with van der Waals surface area (Å²) >= 11 is 7.40. The Labute approximate surface area is 96.7 Å². The summed E-state index contributed by atoms with van der Waals surface area (Å²) in [6.45, 7) is 0. The average molecular weight is 241 g/mol. The number of halogens is 1. The van der Waals surface area contributed by atoms with E-state index in [9.17, 15) is 0 Å². The summed E-state index contributed by atoms with van der Waals surface area (Å²) in [5.74, 6) is 0.814. The standard InChI is InChI=1S/C9H9ClN4S/c1-14-6-12-13-9(14)15-5-7-2-3-11-8(10)4-7/h2-4,6H,5H2,1H3. The molecule has 4 nitrogen and oxygen atoms in total. The predicted molar refractivity (Wildman–Crippen MR) is 59.8 cm³/mol. The van der Waals surface area contributed by atoms with Crippen molar-refractivity contribution in [1.82, 2.24) is 19.7 Å². The maximum atomic E-state index is 5.78. The van der Waals surface area contributed by atoms with E-state index in [1.807, 2.05) is 23.7 Å². The SMILES string of the molecule is Cn1cnnc1SCc1ccnc(Cl)c1. The van der Waals surface area contributed by atoms with Crippen LogP contribution in [0, 0.1) is 0 Å². The second-order valence-electron chi connectivity index (χ2n) is 3.00. The summed E-state index contributed by atoms with van der Waals surface area (Å²) in [6.07, 6.45) is 3.39.